The zero-order valence-corrected chi connectivity index (χ0v) is 21.4. The van der Waals surface area contributed by atoms with Crippen molar-refractivity contribution in [2.75, 3.05) is 10.8 Å². The van der Waals surface area contributed by atoms with Gasteiger partial charge in [-0.1, -0.05) is 61.9 Å². The Balaban J connectivity index is 1.59. The molecule has 0 amide bonds. The van der Waals surface area contributed by atoms with Gasteiger partial charge >= 0.3 is 0 Å². The van der Waals surface area contributed by atoms with E-state index in [1.165, 1.54) is 9.18 Å². The zero-order chi connectivity index (χ0) is 24.4. The summed E-state index contributed by atoms with van der Waals surface area (Å²) in [6.07, 6.45) is 4.54. The van der Waals surface area contributed by atoms with E-state index >= 15 is 0 Å². The lowest BCUT2D eigenvalue weighted by Crippen LogP contribution is -2.33. The van der Waals surface area contributed by atoms with Crippen molar-refractivity contribution in [2.45, 2.75) is 43.9 Å². The van der Waals surface area contributed by atoms with Crippen molar-refractivity contribution in [2.24, 2.45) is 5.92 Å². The predicted octanol–water partition coefficient (Wildman–Crippen LogP) is 6.21. The van der Waals surface area contributed by atoms with Gasteiger partial charge in [0.2, 0.25) is 0 Å². The summed E-state index contributed by atoms with van der Waals surface area (Å²) in [6.45, 7) is 2.52. The maximum absolute atomic E-state index is 13.7. The smallest absolute Gasteiger partial charge is 0.264 e. The zero-order valence-electron chi connectivity index (χ0n) is 19.8. The molecule has 6 heteroatoms. The number of hydrogen-bond acceptors (Lipinski definition) is 4. The van der Waals surface area contributed by atoms with Crippen LogP contribution in [0.2, 0.25) is 0 Å². The van der Waals surface area contributed by atoms with Crippen molar-refractivity contribution < 1.29 is 8.42 Å². The number of fused-ring (bicyclic) bond motifs is 2. The summed E-state index contributed by atoms with van der Waals surface area (Å²) < 4.78 is 29.8. The summed E-state index contributed by atoms with van der Waals surface area (Å²) in [6, 6.07) is 23.9. The van der Waals surface area contributed by atoms with E-state index in [0.717, 1.165) is 41.5 Å². The summed E-state index contributed by atoms with van der Waals surface area (Å²) in [5.41, 5.74) is 2.73. The first kappa shape index (κ1) is 23.8. The molecular weight excluding hydrogens is 474 g/mol. The van der Waals surface area contributed by atoms with Gasteiger partial charge in [0.25, 0.3) is 10.0 Å². The molecule has 1 heterocycles. The number of nitrogens with zero attached hydrogens (tertiary/aromatic N) is 1. The highest BCUT2D eigenvalue weighted by molar-refractivity contribution is 7.92. The van der Waals surface area contributed by atoms with Gasteiger partial charge in [-0.3, -0.25) is 9.10 Å². The summed E-state index contributed by atoms with van der Waals surface area (Å²) >= 11 is 1.65. The van der Waals surface area contributed by atoms with Gasteiger partial charge in [-0.05, 0) is 67.5 Å². The molecule has 1 aromatic heterocycles. The average molecular weight is 504 g/mol. The lowest BCUT2D eigenvalue weighted by atomic mass is 9.87. The molecule has 180 valence electrons. The van der Waals surface area contributed by atoms with E-state index in [-0.39, 0.29) is 10.3 Å². The SMILES string of the molecule is CCC1CCc2c(sc3cc(N(CCc4ccccc4)S(=O)(=O)c4ccccc4)ccc3c2=O)C1. The molecular formula is C29H29NO3S2. The van der Waals surface area contributed by atoms with Gasteiger partial charge in [-0.15, -0.1) is 11.3 Å². The molecule has 0 fully saturated rings. The first-order chi connectivity index (χ1) is 17.0. The Morgan fingerprint density at radius 2 is 1.69 bits per heavy atom. The molecule has 0 N–H and O–H groups in total. The van der Waals surface area contributed by atoms with Crippen LogP contribution in [0, 0.1) is 5.92 Å². The Labute approximate surface area is 210 Å². The Morgan fingerprint density at radius 3 is 2.40 bits per heavy atom. The van der Waals surface area contributed by atoms with E-state index in [1.54, 1.807) is 41.7 Å². The fraction of sp³-hybridized carbons (Fsp3) is 0.276. The largest absolute Gasteiger partial charge is 0.289 e. The maximum Gasteiger partial charge on any atom is 0.264 e. The minimum Gasteiger partial charge on any atom is -0.289 e. The summed E-state index contributed by atoms with van der Waals surface area (Å²) in [5.74, 6) is 0.611. The van der Waals surface area contributed by atoms with Gasteiger partial charge in [0, 0.05) is 27.1 Å². The molecule has 0 aliphatic heterocycles. The van der Waals surface area contributed by atoms with Crippen molar-refractivity contribution in [3.8, 4) is 0 Å². The monoisotopic (exact) mass is 503 g/mol. The van der Waals surface area contributed by atoms with Gasteiger partial charge in [0.15, 0.2) is 5.43 Å². The van der Waals surface area contributed by atoms with E-state index in [9.17, 15) is 13.2 Å². The fourth-order valence-electron chi connectivity index (χ4n) is 4.88. The fourth-order valence-corrected chi connectivity index (χ4v) is 7.71. The Hall–Kier alpha value is -2.96. The second-order valence-corrected chi connectivity index (χ2v) is 12.2. The molecule has 35 heavy (non-hydrogen) atoms. The predicted molar refractivity (Wildman–Crippen MR) is 145 cm³/mol. The van der Waals surface area contributed by atoms with Gasteiger partial charge in [0.05, 0.1) is 10.6 Å². The number of hydrogen-bond donors (Lipinski definition) is 0. The van der Waals surface area contributed by atoms with Crippen LogP contribution in [0.3, 0.4) is 0 Å². The topological polar surface area (TPSA) is 54.5 Å². The molecule has 5 rings (SSSR count). The third-order valence-corrected chi connectivity index (χ3v) is 10.0. The molecule has 1 unspecified atom stereocenters. The molecule has 1 atom stereocenters. The van der Waals surface area contributed by atoms with Gasteiger partial charge in [0.1, 0.15) is 0 Å². The van der Waals surface area contributed by atoms with Gasteiger partial charge in [-0.2, -0.15) is 0 Å². The van der Waals surface area contributed by atoms with Gasteiger partial charge in [-0.25, -0.2) is 8.42 Å². The third-order valence-electron chi connectivity index (χ3n) is 6.97. The van der Waals surface area contributed by atoms with Crippen LogP contribution in [0.4, 0.5) is 5.69 Å². The molecule has 1 aliphatic carbocycles. The summed E-state index contributed by atoms with van der Waals surface area (Å²) in [5, 5.41) is 0.688. The minimum atomic E-state index is -3.77. The number of benzene rings is 3. The highest BCUT2D eigenvalue weighted by Gasteiger charge is 2.26. The molecule has 4 nitrogen and oxygen atoms in total. The van der Waals surface area contributed by atoms with Crippen LogP contribution in [-0.4, -0.2) is 15.0 Å². The standard InChI is InChI=1S/C29H29NO3S2/c1-2-21-13-15-25-27(19-21)34-28-20-23(14-16-26(28)29(25)31)30(18-17-22-9-5-3-6-10-22)35(32,33)24-11-7-4-8-12-24/h3-12,14,16,20-21H,2,13,15,17-19H2,1H3. The number of anilines is 1. The quantitative estimate of drug-likeness (QED) is 0.301. The molecule has 0 saturated heterocycles. The molecule has 0 saturated carbocycles. The van der Waals surface area contributed by atoms with E-state index in [4.69, 9.17) is 0 Å². The first-order valence-electron chi connectivity index (χ1n) is 12.2. The number of rotatable bonds is 7. The van der Waals surface area contributed by atoms with Crippen molar-refractivity contribution in [3.63, 3.8) is 0 Å². The van der Waals surface area contributed by atoms with Crippen LogP contribution >= 0.6 is 11.3 Å². The van der Waals surface area contributed by atoms with Crippen LogP contribution in [0.5, 0.6) is 0 Å². The van der Waals surface area contributed by atoms with Crippen LogP contribution in [-0.2, 0) is 29.3 Å². The van der Waals surface area contributed by atoms with E-state index in [1.807, 2.05) is 48.5 Å². The molecule has 1 aliphatic rings. The van der Waals surface area contributed by atoms with Crippen molar-refractivity contribution in [1.82, 2.24) is 0 Å². The lowest BCUT2D eigenvalue weighted by molar-refractivity contribution is 0.448. The Kier molecular flexibility index (Phi) is 6.76. The second-order valence-electron chi connectivity index (χ2n) is 9.16. The normalized spacial score (nSPS) is 15.6. The van der Waals surface area contributed by atoms with E-state index in [2.05, 4.69) is 6.92 Å². The summed E-state index contributed by atoms with van der Waals surface area (Å²) in [7, 11) is -3.77. The molecule has 4 aromatic rings. The summed E-state index contributed by atoms with van der Waals surface area (Å²) in [4.78, 5) is 14.7. The Bertz CT molecular complexity index is 1500. The molecule has 0 radical (unpaired) electrons. The van der Waals surface area contributed by atoms with Crippen LogP contribution in [0.1, 0.15) is 35.8 Å². The minimum absolute atomic E-state index is 0.108. The number of sulfonamides is 1. The van der Waals surface area contributed by atoms with Crippen LogP contribution < -0.4 is 9.73 Å². The maximum atomic E-state index is 13.7. The van der Waals surface area contributed by atoms with Crippen molar-refractivity contribution in [1.29, 1.82) is 0 Å². The lowest BCUT2D eigenvalue weighted by Gasteiger charge is -2.26. The van der Waals surface area contributed by atoms with Crippen molar-refractivity contribution in [3.05, 3.63) is 105 Å². The van der Waals surface area contributed by atoms with E-state index in [0.29, 0.717) is 30.0 Å². The van der Waals surface area contributed by atoms with Crippen molar-refractivity contribution >= 4 is 37.1 Å². The van der Waals surface area contributed by atoms with Crippen LogP contribution in [0.25, 0.3) is 10.1 Å². The molecule has 0 bridgehead atoms. The van der Waals surface area contributed by atoms with E-state index < -0.39 is 10.0 Å². The highest BCUT2D eigenvalue weighted by Crippen LogP contribution is 2.34. The highest BCUT2D eigenvalue weighted by atomic mass is 32.2. The first-order valence-corrected chi connectivity index (χ1v) is 14.4. The molecule has 0 spiro atoms. The second kappa shape index (κ2) is 9.96. The molecule has 3 aromatic carbocycles. The van der Waals surface area contributed by atoms with Gasteiger partial charge < -0.3 is 0 Å². The third kappa shape index (κ3) is 4.78. The van der Waals surface area contributed by atoms with Crippen LogP contribution in [0.15, 0.2) is 88.6 Å². The Morgan fingerprint density at radius 1 is 0.971 bits per heavy atom. The average Bonchev–Trinajstić information content (AvgIpc) is 2.89.